The number of aryl methyl sites for hydroxylation is 1. The molecule has 29 heavy (non-hydrogen) atoms. The molecule has 0 fully saturated rings. The lowest BCUT2D eigenvalue weighted by Crippen LogP contribution is -2.24. The van der Waals surface area contributed by atoms with Gasteiger partial charge in [0.05, 0.1) is 17.2 Å². The average molecular weight is 383 g/mol. The van der Waals surface area contributed by atoms with Crippen molar-refractivity contribution in [2.45, 2.75) is 26.4 Å². The van der Waals surface area contributed by atoms with Crippen molar-refractivity contribution < 1.29 is 14.3 Å². The Morgan fingerprint density at radius 2 is 1.55 bits per heavy atom. The molecule has 0 heterocycles. The number of carbonyl (C=O) groups excluding carboxylic acids is 2. The van der Waals surface area contributed by atoms with E-state index in [0.29, 0.717) is 27.8 Å². The second-order valence-electron chi connectivity index (χ2n) is 6.67. The average Bonchev–Trinajstić information content (AvgIpc) is 2.78. The van der Waals surface area contributed by atoms with Crippen LogP contribution in [-0.4, -0.2) is 17.9 Å². The first kappa shape index (κ1) is 20.0. The molecule has 0 N–H and O–H groups in total. The van der Waals surface area contributed by atoms with Gasteiger partial charge in [0.2, 0.25) is 5.78 Å². The summed E-state index contributed by atoms with van der Waals surface area (Å²) in [5.74, 6) is -0.852. The molecule has 0 saturated carbocycles. The van der Waals surface area contributed by atoms with Crippen LogP contribution in [0.1, 0.15) is 45.7 Å². The number of hydrogen-bond donors (Lipinski definition) is 0. The lowest BCUT2D eigenvalue weighted by Gasteiger charge is -2.15. The number of Topliss-reactive ketones (excluding diaryl/α,β-unsaturated/α-hetero) is 1. The van der Waals surface area contributed by atoms with Gasteiger partial charge in [-0.15, -0.1) is 0 Å². The summed E-state index contributed by atoms with van der Waals surface area (Å²) in [5.41, 5.74) is 3.67. The molecule has 0 aliphatic rings. The van der Waals surface area contributed by atoms with Crippen molar-refractivity contribution >= 4 is 11.8 Å². The SMILES string of the molecule is CCc1ccc(C(=O)[C@@H](C)OC(=O)c2ccccc2-c2ccccc2C#N)cc1. The van der Waals surface area contributed by atoms with Gasteiger partial charge in [0.15, 0.2) is 6.10 Å². The standard InChI is InChI=1S/C25H21NO3/c1-3-18-12-14-19(15-13-18)24(27)17(2)29-25(28)23-11-7-6-10-22(23)21-9-5-4-8-20(21)16-26/h4-15,17H,3H2,1-2H3/t17-/m1/s1. The first-order chi connectivity index (χ1) is 14.0. The van der Waals surface area contributed by atoms with Gasteiger partial charge in [-0.3, -0.25) is 4.79 Å². The second-order valence-corrected chi connectivity index (χ2v) is 6.67. The van der Waals surface area contributed by atoms with Crippen molar-refractivity contribution in [2.24, 2.45) is 0 Å². The van der Waals surface area contributed by atoms with E-state index in [2.05, 4.69) is 6.07 Å². The largest absolute Gasteiger partial charge is 0.451 e. The van der Waals surface area contributed by atoms with E-state index >= 15 is 0 Å². The normalized spacial score (nSPS) is 11.3. The Morgan fingerprint density at radius 3 is 2.21 bits per heavy atom. The van der Waals surface area contributed by atoms with E-state index in [1.807, 2.05) is 25.1 Å². The number of nitriles is 1. The number of rotatable bonds is 6. The first-order valence-electron chi connectivity index (χ1n) is 9.47. The third-order valence-electron chi connectivity index (χ3n) is 4.78. The van der Waals surface area contributed by atoms with Crippen molar-refractivity contribution in [2.75, 3.05) is 0 Å². The molecule has 144 valence electrons. The summed E-state index contributed by atoms with van der Waals surface area (Å²) in [6.07, 6.45) is -0.0331. The Hall–Kier alpha value is -3.71. The van der Waals surface area contributed by atoms with Gasteiger partial charge < -0.3 is 4.74 Å². The predicted molar refractivity (Wildman–Crippen MR) is 112 cm³/mol. The second kappa shape index (κ2) is 8.99. The summed E-state index contributed by atoms with van der Waals surface area (Å²) < 4.78 is 5.47. The van der Waals surface area contributed by atoms with Gasteiger partial charge in [0.25, 0.3) is 0 Å². The summed E-state index contributed by atoms with van der Waals surface area (Å²) in [5, 5.41) is 9.38. The fraction of sp³-hybridized carbons (Fsp3) is 0.160. The smallest absolute Gasteiger partial charge is 0.339 e. The summed E-state index contributed by atoms with van der Waals surface area (Å²) in [6, 6.07) is 23.4. The molecule has 1 atom stereocenters. The van der Waals surface area contributed by atoms with Crippen LogP contribution in [0.3, 0.4) is 0 Å². The van der Waals surface area contributed by atoms with E-state index < -0.39 is 12.1 Å². The van der Waals surface area contributed by atoms with Crippen molar-refractivity contribution in [1.82, 2.24) is 0 Å². The predicted octanol–water partition coefficient (Wildman–Crippen LogP) is 5.22. The van der Waals surface area contributed by atoms with Gasteiger partial charge in [0, 0.05) is 11.1 Å². The summed E-state index contributed by atoms with van der Waals surface area (Å²) in [4.78, 5) is 25.5. The zero-order valence-electron chi connectivity index (χ0n) is 16.4. The van der Waals surface area contributed by atoms with Crippen molar-refractivity contribution in [3.8, 4) is 17.2 Å². The number of benzene rings is 3. The third kappa shape index (κ3) is 4.41. The van der Waals surface area contributed by atoms with Gasteiger partial charge in [-0.05, 0) is 36.6 Å². The van der Waals surface area contributed by atoms with E-state index in [0.717, 1.165) is 12.0 Å². The number of ketones is 1. The van der Waals surface area contributed by atoms with Crippen LogP contribution in [0, 0.1) is 11.3 Å². The third-order valence-corrected chi connectivity index (χ3v) is 4.78. The Labute approximate surface area is 170 Å². The highest BCUT2D eigenvalue weighted by Gasteiger charge is 2.22. The summed E-state index contributed by atoms with van der Waals surface area (Å²) >= 11 is 0. The maximum Gasteiger partial charge on any atom is 0.339 e. The van der Waals surface area contributed by atoms with E-state index in [1.54, 1.807) is 61.5 Å². The molecule has 0 spiro atoms. The van der Waals surface area contributed by atoms with Crippen LogP contribution < -0.4 is 0 Å². The Balaban J connectivity index is 1.84. The quantitative estimate of drug-likeness (QED) is 0.432. The summed E-state index contributed by atoms with van der Waals surface area (Å²) in [7, 11) is 0. The van der Waals surface area contributed by atoms with Crippen LogP contribution in [0.15, 0.2) is 72.8 Å². The molecule has 3 aromatic rings. The maximum atomic E-state index is 12.8. The molecule has 3 rings (SSSR count). The van der Waals surface area contributed by atoms with Crippen LogP contribution in [0.2, 0.25) is 0 Å². The lowest BCUT2D eigenvalue weighted by molar-refractivity contribution is 0.0319. The van der Waals surface area contributed by atoms with Gasteiger partial charge >= 0.3 is 5.97 Å². The zero-order chi connectivity index (χ0) is 20.8. The van der Waals surface area contributed by atoms with E-state index in [1.165, 1.54) is 0 Å². The minimum atomic E-state index is -0.922. The van der Waals surface area contributed by atoms with Gasteiger partial charge in [0.1, 0.15) is 0 Å². The molecule has 0 aromatic heterocycles. The molecule has 4 nitrogen and oxygen atoms in total. The molecular weight excluding hydrogens is 362 g/mol. The highest BCUT2D eigenvalue weighted by Crippen LogP contribution is 2.27. The topological polar surface area (TPSA) is 67.2 Å². The number of esters is 1. The fourth-order valence-electron chi connectivity index (χ4n) is 3.13. The molecule has 0 aliphatic heterocycles. The molecule has 0 bridgehead atoms. The minimum absolute atomic E-state index is 0.254. The van der Waals surface area contributed by atoms with E-state index in [4.69, 9.17) is 4.74 Å². The Morgan fingerprint density at radius 1 is 0.931 bits per heavy atom. The molecule has 0 amide bonds. The minimum Gasteiger partial charge on any atom is -0.451 e. The van der Waals surface area contributed by atoms with Crippen LogP contribution in [0.5, 0.6) is 0 Å². The van der Waals surface area contributed by atoms with Crippen molar-refractivity contribution in [3.63, 3.8) is 0 Å². The Kier molecular flexibility index (Phi) is 6.21. The van der Waals surface area contributed by atoms with Gasteiger partial charge in [-0.2, -0.15) is 5.26 Å². The lowest BCUT2D eigenvalue weighted by atomic mass is 9.96. The molecule has 0 saturated heterocycles. The van der Waals surface area contributed by atoms with Gasteiger partial charge in [-0.1, -0.05) is 67.6 Å². The molecule has 4 heteroatoms. The molecule has 0 radical (unpaired) electrons. The molecule has 3 aromatic carbocycles. The Bertz CT molecular complexity index is 1080. The maximum absolute atomic E-state index is 12.8. The first-order valence-corrected chi connectivity index (χ1v) is 9.47. The van der Waals surface area contributed by atoms with Crippen molar-refractivity contribution in [1.29, 1.82) is 5.26 Å². The monoisotopic (exact) mass is 383 g/mol. The number of hydrogen-bond acceptors (Lipinski definition) is 4. The fourth-order valence-corrected chi connectivity index (χ4v) is 3.13. The number of ether oxygens (including phenoxy) is 1. The zero-order valence-corrected chi connectivity index (χ0v) is 16.4. The highest BCUT2D eigenvalue weighted by atomic mass is 16.5. The van der Waals surface area contributed by atoms with Crippen LogP contribution in [0.4, 0.5) is 0 Å². The van der Waals surface area contributed by atoms with Crippen LogP contribution in [0.25, 0.3) is 11.1 Å². The number of nitrogens with zero attached hydrogens (tertiary/aromatic N) is 1. The summed E-state index contributed by atoms with van der Waals surface area (Å²) in [6.45, 7) is 3.61. The van der Waals surface area contributed by atoms with Gasteiger partial charge in [-0.25, -0.2) is 4.79 Å². The van der Waals surface area contributed by atoms with Crippen LogP contribution in [-0.2, 0) is 11.2 Å². The van der Waals surface area contributed by atoms with Crippen molar-refractivity contribution in [3.05, 3.63) is 95.1 Å². The van der Waals surface area contributed by atoms with E-state index in [-0.39, 0.29) is 5.78 Å². The molecule has 0 unspecified atom stereocenters. The number of carbonyl (C=O) groups is 2. The van der Waals surface area contributed by atoms with E-state index in [9.17, 15) is 14.9 Å². The highest BCUT2D eigenvalue weighted by molar-refractivity contribution is 6.03. The molecular formula is C25H21NO3. The van der Waals surface area contributed by atoms with Crippen LogP contribution >= 0.6 is 0 Å². The molecule has 0 aliphatic carbocycles.